The first-order valence-electron chi connectivity index (χ1n) is 6.33. The normalized spacial score (nSPS) is 23.6. The zero-order chi connectivity index (χ0) is 13.7. The maximum atomic E-state index is 8.85. The Kier molecular flexibility index (Phi) is 4.89. The van der Waals surface area contributed by atoms with Gasteiger partial charge in [-0.1, -0.05) is 0 Å². The second-order valence-electron chi connectivity index (χ2n) is 4.42. The van der Waals surface area contributed by atoms with E-state index in [0.717, 1.165) is 13.0 Å². The second-order valence-corrected chi connectivity index (χ2v) is 4.42. The summed E-state index contributed by atoms with van der Waals surface area (Å²) >= 11 is 0. The molecule has 2 unspecified atom stereocenters. The molecule has 3 N–H and O–H groups in total. The Balaban J connectivity index is 2.04. The Bertz CT molecular complexity index is 404. The van der Waals surface area contributed by atoms with E-state index in [1.54, 1.807) is 19.4 Å². The predicted octanol–water partition coefficient (Wildman–Crippen LogP) is -0.339. The van der Waals surface area contributed by atoms with Gasteiger partial charge in [-0.05, 0) is 12.5 Å². The molecule has 1 saturated heterocycles. The van der Waals surface area contributed by atoms with Gasteiger partial charge in [0.15, 0.2) is 0 Å². The first-order valence-corrected chi connectivity index (χ1v) is 6.33. The third-order valence-electron chi connectivity index (χ3n) is 3.17. The van der Waals surface area contributed by atoms with E-state index in [0.29, 0.717) is 24.9 Å². The highest BCUT2D eigenvalue weighted by Crippen LogP contribution is 2.20. The summed E-state index contributed by atoms with van der Waals surface area (Å²) in [7, 11) is 1.67. The van der Waals surface area contributed by atoms with Crippen molar-refractivity contribution in [1.29, 1.82) is 0 Å². The quantitative estimate of drug-likeness (QED) is 0.754. The highest BCUT2D eigenvalue weighted by atomic mass is 16.5. The number of nitrogens with two attached hydrogens (primary N) is 1. The van der Waals surface area contributed by atoms with Crippen LogP contribution in [0.15, 0.2) is 12.3 Å². The Hall–Kier alpha value is -1.44. The molecule has 0 saturated carbocycles. The number of ether oxygens (including phenoxy) is 2. The molecule has 2 rings (SSSR count). The van der Waals surface area contributed by atoms with Crippen molar-refractivity contribution in [3.8, 4) is 0 Å². The number of anilines is 2. The summed E-state index contributed by atoms with van der Waals surface area (Å²) in [6.07, 6.45) is 2.40. The average molecular weight is 268 g/mol. The van der Waals surface area contributed by atoms with Gasteiger partial charge in [0, 0.05) is 26.4 Å². The van der Waals surface area contributed by atoms with Crippen LogP contribution in [0.2, 0.25) is 0 Å². The lowest BCUT2D eigenvalue weighted by Crippen LogP contribution is -2.49. The Morgan fingerprint density at radius 2 is 2.37 bits per heavy atom. The summed E-state index contributed by atoms with van der Waals surface area (Å²) in [4.78, 5) is 10.4. The number of hydrogen-bond donors (Lipinski definition) is 2. The number of nitrogens with zero attached hydrogens (tertiary/aromatic N) is 3. The number of nitrogen functional groups attached to an aromatic ring is 1. The smallest absolute Gasteiger partial charge is 0.227 e. The zero-order valence-electron chi connectivity index (χ0n) is 11.0. The highest BCUT2D eigenvalue weighted by Gasteiger charge is 2.31. The van der Waals surface area contributed by atoms with Crippen LogP contribution >= 0.6 is 0 Å². The topological polar surface area (TPSA) is 93.7 Å². The van der Waals surface area contributed by atoms with Crippen LogP contribution in [-0.2, 0) is 9.47 Å². The highest BCUT2D eigenvalue weighted by molar-refractivity contribution is 5.38. The van der Waals surface area contributed by atoms with Gasteiger partial charge < -0.3 is 25.2 Å². The molecule has 7 heteroatoms. The summed E-state index contributed by atoms with van der Waals surface area (Å²) in [5, 5.41) is 8.85. The Labute approximate surface area is 112 Å². The molecule has 1 aliphatic rings. The third kappa shape index (κ3) is 3.52. The summed E-state index contributed by atoms with van der Waals surface area (Å²) < 4.78 is 11.0. The van der Waals surface area contributed by atoms with E-state index in [1.165, 1.54) is 0 Å². The Morgan fingerprint density at radius 3 is 3.05 bits per heavy atom. The number of aliphatic hydroxyl groups excluding tert-OH is 1. The summed E-state index contributed by atoms with van der Waals surface area (Å²) in [6.45, 7) is 1.72. The largest absolute Gasteiger partial charge is 0.394 e. The van der Waals surface area contributed by atoms with Crippen LogP contribution in [-0.4, -0.2) is 60.7 Å². The van der Waals surface area contributed by atoms with E-state index in [4.69, 9.17) is 20.3 Å². The number of methoxy groups -OCH3 is 1. The van der Waals surface area contributed by atoms with Gasteiger partial charge in [0.2, 0.25) is 5.95 Å². The molecule has 106 valence electrons. The van der Waals surface area contributed by atoms with Crippen molar-refractivity contribution in [2.24, 2.45) is 0 Å². The van der Waals surface area contributed by atoms with Crippen molar-refractivity contribution in [2.75, 3.05) is 44.0 Å². The summed E-state index contributed by atoms with van der Waals surface area (Å²) in [5.41, 5.74) is 5.67. The van der Waals surface area contributed by atoms with E-state index in [9.17, 15) is 0 Å². The minimum absolute atomic E-state index is 0.00171. The number of aromatic nitrogens is 2. The zero-order valence-corrected chi connectivity index (χ0v) is 11.0. The molecule has 2 atom stereocenters. The van der Waals surface area contributed by atoms with Gasteiger partial charge in [0.25, 0.3) is 0 Å². The van der Waals surface area contributed by atoms with Gasteiger partial charge in [-0.3, -0.25) is 0 Å². The van der Waals surface area contributed by atoms with Crippen molar-refractivity contribution in [3.63, 3.8) is 0 Å². The van der Waals surface area contributed by atoms with Gasteiger partial charge >= 0.3 is 0 Å². The minimum Gasteiger partial charge on any atom is -0.394 e. The maximum Gasteiger partial charge on any atom is 0.227 e. The van der Waals surface area contributed by atoms with E-state index in [2.05, 4.69) is 9.97 Å². The van der Waals surface area contributed by atoms with Crippen LogP contribution in [0, 0.1) is 0 Å². The molecular weight excluding hydrogens is 248 g/mol. The minimum atomic E-state index is -0.101. The number of aliphatic hydroxyl groups is 1. The van der Waals surface area contributed by atoms with Gasteiger partial charge in [0.1, 0.15) is 11.9 Å². The molecule has 0 bridgehead atoms. The fraction of sp³-hybridized carbons (Fsp3) is 0.667. The van der Waals surface area contributed by atoms with Crippen LogP contribution < -0.4 is 10.6 Å². The molecule has 0 aliphatic carbocycles. The number of hydrogen-bond acceptors (Lipinski definition) is 7. The number of piperidine rings is 1. The molecule has 0 amide bonds. The monoisotopic (exact) mass is 268 g/mol. The predicted molar refractivity (Wildman–Crippen MR) is 70.9 cm³/mol. The lowest BCUT2D eigenvalue weighted by atomic mass is 10.0. The van der Waals surface area contributed by atoms with Crippen molar-refractivity contribution >= 4 is 11.8 Å². The molecule has 0 spiro atoms. The molecule has 0 aromatic carbocycles. The standard InChI is InChI=1S/C12H20N4O3/c1-18-9-3-5-16(8-10(9)19-7-6-17)12-14-4-2-11(13)15-12/h2,4,9-10,17H,3,5-8H2,1H3,(H2,13,14,15). The van der Waals surface area contributed by atoms with Crippen molar-refractivity contribution in [1.82, 2.24) is 9.97 Å². The van der Waals surface area contributed by atoms with Crippen LogP contribution in [0.3, 0.4) is 0 Å². The molecule has 1 fully saturated rings. The van der Waals surface area contributed by atoms with E-state index in [-0.39, 0.29) is 18.8 Å². The molecule has 1 aromatic rings. The van der Waals surface area contributed by atoms with Crippen LogP contribution in [0.1, 0.15) is 6.42 Å². The molecule has 19 heavy (non-hydrogen) atoms. The molecule has 0 radical (unpaired) electrons. The van der Waals surface area contributed by atoms with Crippen molar-refractivity contribution in [2.45, 2.75) is 18.6 Å². The fourth-order valence-corrected chi connectivity index (χ4v) is 2.22. The summed E-state index contributed by atoms with van der Waals surface area (Å²) in [5.74, 6) is 1.05. The molecular formula is C12H20N4O3. The van der Waals surface area contributed by atoms with Gasteiger partial charge in [-0.15, -0.1) is 0 Å². The first-order chi connectivity index (χ1) is 9.24. The van der Waals surface area contributed by atoms with Gasteiger partial charge in [0.05, 0.1) is 19.3 Å². The molecule has 1 aromatic heterocycles. The SMILES string of the molecule is COC1CCN(c2nccc(N)n2)CC1OCCO. The lowest BCUT2D eigenvalue weighted by molar-refractivity contribution is -0.0707. The van der Waals surface area contributed by atoms with E-state index in [1.807, 2.05) is 4.90 Å². The Morgan fingerprint density at radius 1 is 1.53 bits per heavy atom. The van der Waals surface area contributed by atoms with Crippen molar-refractivity contribution in [3.05, 3.63) is 12.3 Å². The molecule has 7 nitrogen and oxygen atoms in total. The third-order valence-corrected chi connectivity index (χ3v) is 3.17. The number of rotatable bonds is 5. The first kappa shape index (κ1) is 14.0. The van der Waals surface area contributed by atoms with Crippen LogP contribution in [0.4, 0.5) is 11.8 Å². The van der Waals surface area contributed by atoms with Crippen molar-refractivity contribution < 1.29 is 14.6 Å². The maximum absolute atomic E-state index is 8.85. The second kappa shape index (κ2) is 6.65. The lowest BCUT2D eigenvalue weighted by Gasteiger charge is -2.37. The molecule has 1 aliphatic heterocycles. The fourth-order valence-electron chi connectivity index (χ4n) is 2.22. The van der Waals surface area contributed by atoms with Crippen LogP contribution in [0.5, 0.6) is 0 Å². The summed E-state index contributed by atoms with van der Waals surface area (Å²) in [6, 6.07) is 1.66. The van der Waals surface area contributed by atoms with E-state index < -0.39 is 0 Å². The van der Waals surface area contributed by atoms with Crippen LogP contribution in [0.25, 0.3) is 0 Å². The molecule has 2 heterocycles. The average Bonchev–Trinajstić information content (AvgIpc) is 2.44. The van der Waals surface area contributed by atoms with Gasteiger partial charge in [-0.2, -0.15) is 4.98 Å². The van der Waals surface area contributed by atoms with Gasteiger partial charge in [-0.25, -0.2) is 4.98 Å². The van der Waals surface area contributed by atoms with E-state index >= 15 is 0 Å².